The zero-order chi connectivity index (χ0) is 25.4. The second-order valence-electron chi connectivity index (χ2n) is 11.6. The van der Waals surface area contributed by atoms with E-state index in [4.69, 9.17) is 39.8 Å². The lowest BCUT2D eigenvalue weighted by molar-refractivity contribution is -0.240. The topological polar surface area (TPSA) is 84.8 Å². The Morgan fingerprint density at radius 1 is 1.00 bits per heavy atom. The summed E-state index contributed by atoms with van der Waals surface area (Å²) in [5, 5.41) is 0. The average Bonchev–Trinajstić information content (AvgIpc) is 3.40. The van der Waals surface area contributed by atoms with Gasteiger partial charge in [0.25, 0.3) is 0 Å². The normalized spacial score (nSPS) is 36.5. The molecule has 0 unspecified atom stereocenters. The van der Waals surface area contributed by atoms with Crippen LogP contribution in [0.25, 0.3) is 0 Å². The van der Waals surface area contributed by atoms with Crippen molar-refractivity contribution in [2.45, 2.75) is 139 Å². The van der Waals surface area contributed by atoms with Crippen molar-refractivity contribution in [2.24, 2.45) is 10.9 Å². The largest absolute Gasteiger partial charge is 0.467 e. The number of aliphatic imine (C=N–C) groups is 1. The van der Waals surface area contributed by atoms with Gasteiger partial charge in [-0.1, -0.05) is 26.7 Å². The summed E-state index contributed by atoms with van der Waals surface area (Å²) in [6, 6.07) is 0. The summed E-state index contributed by atoms with van der Waals surface area (Å²) in [4.78, 5) is 17.7. The second kappa shape index (κ2) is 10.3. The van der Waals surface area contributed by atoms with Gasteiger partial charge in [-0.05, 0) is 38.0 Å². The number of fused-ring (bicyclic) bond motifs is 3. The molecule has 8 heteroatoms. The molecule has 3 aliphatic heterocycles. The maximum atomic E-state index is 12.9. The number of rotatable bonds is 6. The highest BCUT2D eigenvalue weighted by molar-refractivity contribution is 5.84. The maximum Gasteiger partial charge on any atom is 0.334 e. The van der Waals surface area contributed by atoms with Crippen LogP contribution in [0, 0.1) is 18.3 Å². The van der Waals surface area contributed by atoms with Crippen molar-refractivity contribution in [3.05, 3.63) is 0 Å². The molecule has 0 aromatic carbocycles. The van der Waals surface area contributed by atoms with Crippen LogP contribution in [0.2, 0.25) is 0 Å². The summed E-state index contributed by atoms with van der Waals surface area (Å²) in [7, 11) is 1.37. The van der Waals surface area contributed by atoms with Crippen molar-refractivity contribution in [1.29, 1.82) is 0 Å². The summed E-state index contributed by atoms with van der Waals surface area (Å²) in [5.41, 5.74) is -1.17. The summed E-state index contributed by atoms with van der Waals surface area (Å²) in [6.07, 6.45) is 15.8. The zero-order valence-corrected chi connectivity index (χ0v) is 21.9. The van der Waals surface area contributed by atoms with Gasteiger partial charge < -0.3 is 28.4 Å². The average molecular weight is 504 g/mol. The van der Waals surface area contributed by atoms with Gasteiger partial charge in [0, 0.05) is 38.3 Å². The van der Waals surface area contributed by atoms with Crippen LogP contribution < -0.4 is 0 Å². The van der Waals surface area contributed by atoms with Gasteiger partial charge in [0.2, 0.25) is 0 Å². The fourth-order valence-corrected chi connectivity index (χ4v) is 6.74. The zero-order valence-electron chi connectivity index (χ0n) is 21.9. The Kier molecular flexibility index (Phi) is 7.50. The molecule has 3 saturated heterocycles. The number of ether oxygens (including phenoxy) is 6. The van der Waals surface area contributed by atoms with E-state index in [2.05, 4.69) is 5.92 Å². The van der Waals surface area contributed by atoms with Crippen LogP contribution in [-0.2, 0) is 33.2 Å². The Bertz CT molecular complexity index is 870. The number of methoxy groups -OCH3 is 1. The minimum absolute atomic E-state index is 0.144. The van der Waals surface area contributed by atoms with E-state index in [1.807, 2.05) is 13.8 Å². The van der Waals surface area contributed by atoms with E-state index in [0.29, 0.717) is 6.42 Å². The number of nitrogens with zero attached hydrogens (tertiary/aromatic N) is 1. The number of carbonyl (C=O) groups is 1. The predicted octanol–water partition coefficient (Wildman–Crippen LogP) is 4.28. The fraction of sp³-hybridized carbons (Fsp3) is 0.857. The van der Waals surface area contributed by atoms with Gasteiger partial charge in [0.1, 0.15) is 24.4 Å². The summed E-state index contributed by atoms with van der Waals surface area (Å²) < 4.78 is 38.0. The third-order valence-corrected chi connectivity index (χ3v) is 8.32. The van der Waals surface area contributed by atoms with E-state index in [1.165, 1.54) is 20.0 Å². The highest BCUT2D eigenvalue weighted by Crippen LogP contribution is 2.50. The first-order chi connectivity index (χ1) is 17.3. The van der Waals surface area contributed by atoms with Crippen LogP contribution in [0.15, 0.2) is 4.99 Å². The molecular formula is C28H41NO7. The number of hydrogen-bond acceptors (Lipinski definition) is 8. The van der Waals surface area contributed by atoms with Gasteiger partial charge in [-0.3, -0.25) is 4.99 Å². The third-order valence-electron chi connectivity index (χ3n) is 8.32. The number of terminal acetylenes is 1. The van der Waals surface area contributed by atoms with Crippen molar-refractivity contribution in [3.63, 3.8) is 0 Å². The van der Waals surface area contributed by atoms with Gasteiger partial charge >= 0.3 is 5.97 Å². The lowest BCUT2D eigenvalue weighted by atomic mass is 9.86. The van der Waals surface area contributed by atoms with E-state index in [0.717, 1.165) is 51.4 Å². The quantitative estimate of drug-likeness (QED) is 0.304. The molecule has 2 aliphatic carbocycles. The minimum Gasteiger partial charge on any atom is -0.467 e. The molecule has 36 heavy (non-hydrogen) atoms. The molecule has 200 valence electrons. The van der Waals surface area contributed by atoms with Crippen molar-refractivity contribution in [1.82, 2.24) is 0 Å². The number of carbonyl (C=O) groups excluding carboxylic acids is 1. The monoisotopic (exact) mass is 503 g/mol. The third kappa shape index (κ3) is 4.86. The maximum absolute atomic E-state index is 12.9. The molecule has 6 atom stereocenters. The molecule has 0 radical (unpaired) electrons. The number of esters is 1. The molecule has 0 aromatic heterocycles. The van der Waals surface area contributed by atoms with Crippen molar-refractivity contribution < 1.29 is 33.2 Å². The molecule has 5 rings (SSSR count). The first kappa shape index (κ1) is 26.1. The van der Waals surface area contributed by atoms with Crippen molar-refractivity contribution in [3.8, 4) is 12.3 Å². The molecule has 0 aromatic rings. The van der Waals surface area contributed by atoms with E-state index in [1.54, 1.807) is 6.21 Å². The van der Waals surface area contributed by atoms with E-state index >= 15 is 0 Å². The Labute approximate surface area is 214 Å². The van der Waals surface area contributed by atoms with Gasteiger partial charge in [-0.25, -0.2) is 4.79 Å². The van der Waals surface area contributed by atoms with Crippen LogP contribution in [0.5, 0.6) is 0 Å². The number of hydrogen-bond donors (Lipinski definition) is 0. The van der Waals surface area contributed by atoms with Crippen LogP contribution in [0.1, 0.15) is 90.9 Å². The van der Waals surface area contributed by atoms with Crippen molar-refractivity contribution >= 4 is 12.2 Å². The molecule has 5 fully saturated rings. The fourth-order valence-electron chi connectivity index (χ4n) is 6.74. The van der Waals surface area contributed by atoms with Gasteiger partial charge in [-0.2, -0.15) is 0 Å². The molecule has 2 saturated carbocycles. The van der Waals surface area contributed by atoms with Crippen molar-refractivity contribution in [2.75, 3.05) is 7.11 Å². The minimum atomic E-state index is -1.17. The molecular weight excluding hydrogens is 462 g/mol. The highest BCUT2D eigenvalue weighted by Gasteiger charge is 2.63. The first-order valence-corrected chi connectivity index (χ1v) is 13.8. The van der Waals surface area contributed by atoms with E-state index in [-0.39, 0.29) is 24.5 Å². The Balaban J connectivity index is 1.45. The Morgan fingerprint density at radius 2 is 1.58 bits per heavy atom. The standard InChI is InChI=1S/C28H41NO7/c1-5-12-26(17-19(2)3,25(30)31-4)29-18-20-21-22(34-27(33-21)13-8-6-9-14-27)23-24(32-20)36-28(35-23)15-10-7-11-16-28/h1,18-24H,6-17H2,2-4H3/t20-,21+,22+,23-,24-,26+/m1/s1. The molecule has 0 N–H and O–H groups in total. The van der Waals surface area contributed by atoms with E-state index < -0.39 is 41.6 Å². The van der Waals surface area contributed by atoms with Gasteiger partial charge in [-0.15, -0.1) is 12.3 Å². The molecule has 8 nitrogen and oxygen atoms in total. The SMILES string of the molecule is C#CC[C@@](CC(C)C)(N=C[C@H]1O[C@@H]2OC3(CCCCC3)O[C@@H]2[C@H]2OC3(CCCCC3)O[C@H]21)C(=O)OC. The highest BCUT2D eigenvalue weighted by atomic mass is 16.9. The van der Waals surface area contributed by atoms with Gasteiger partial charge in [0.15, 0.2) is 23.4 Å². The molecule has 0 bridgehead atoms. The smallest absolute Gasteiger partial charge is 0.334 e. The summed E-state index contributed by atoms with van der Waals surface area (Å²) >= 11 is 0. The molecule has 5 aliphatic rings. The Morgan fingerprint density at radius 3 is 2.17 bits per heavy atom. The van der Waals surface area contributed by atoms with Gasteiger partial charge in [0.05, 0.1) is 7.11 Å². The van der Waals surface area contributed by atoms with E-state index in [9.17, 15) is 4.79 Å². The van der Waals surface area contributed by atoms with Crippen LogP contribution in [0.3, 0.4) is 0 Å². The summed E-state index contributed by atoms with van der Waals surface area (Å²) in [5.74, 6) is 1.13. The predicted molar refractivity (Wildman–Crippen MR) is 132 cm³/mol. The van der Waals surface area contributed by atoms with Crippen LogP contribution in [-0.4, -0.2) is 67.1 Å². The first-order valence-electron chi connectivity index (χ1n) is 13.8. The van der Waals surface area contributed by atoms with Crippen LogP contribution in [0.4, 0.5) is 0 Å². The lowest BCUT2D eigenvalue weighted by Crippen LogP contribution is -2.55. The lowest BCUT2D eigenvalue weighted by Gasteiger charge is -2.36. The molecule has 3 heterocycles. The van der Waals surface area contributed by atoms with Crippen LogP contribution >= 0.6 is 0 Å². The summed E-state index contributed by atoms with van der Waals surface area (Å²) in [6.45, 7) is 4.07. The second-order valence-corrected chi connectivity index (χ2v) is 11.6. The molecule has 2 spiro atoms. The Hall–Kier alpha value is -1.50. The molecule has 0 amide bonds.